The molecule has 1 saturated heterocycles. The molecule has 0 radical (unpaired) electrons. The van der Waals surface area contributed by atoms with E-state index < -0.39 is 0 Å². The van der Waals surface area contributed by atoms with Crippen LogP contribution in [0.25, 0.3) is 11.5 Å². The number of rotatable bonds is 2. The predicted octanol–water partition coefficient (Wildman–Crippen LogP) is 2.61. The minimum Gasteiger partial charge on any atom is -0.357 e. The summed E-state index contributed by atoms with van der Waals surface area (Å²) in [5.41, 5.74) is 0.786. The van der Waals surface area contributed by atoms with Gasteiger partial charge in [0, 0.05) is 12.7 Å². The third-order valence-electron chi connectivity index (χ3n) is 2.98. The molecule has 0 unspecified atom stereocenters. The SMILES string of the molecule is Cl.Clc1c[nH]c(-c2noc([C@H]3CCCNC3)n2)c1. The Kier molecular flexibility index (Phi) is 4.27. The summed E-state index contributed by atoms with van der Waals surface area (Å²) in [4.78, 5) is 7.42. The van der Waals surface area contributed by atoms with Gasteiger partial charge >= 0.3 is 0 Å². The average Bonchev–Trinajstić information content (AvgIpc) is 2.98. The van der Waals surface area contributed by atoms with Crippen LogP contribution in [-0.4, -0.2) is 28.2 Å². The van der Waals surface area contributed by atoms with Crippen LogP contribution in [0.3, 0.4) is 0 Å². The van der Waals surface area contributed by atoms with Gasteiger partial charge in [0.25, 0.3) is 0 Å². The summed E-state index contributed by atoms with van der Waals surface area (Å²) in [6.07, 6.45) is 3.95. The molecule has 2 aromatic heterocycles. The second kappa shape index (κ2) is 5.73. The molecule has 0 aromatic carbocycles. The van der Waals surface area contributed by atoms with Crippen molar-refractivity contribution in [1.29, 1.82) is 0 Å². The van der Waals surface area contributed by atoms with Crippen LogP contribution in [0.5, 0.6) is 0 Å². The van der Waals surface area contributed by atoms with Gasteiger partial charge in [0.05, 0.1) is 16.6 Å². The first-order valence-electron chi connectivity index (χ1n) is 5.71. The second-order valence-corrected chi connectivity index (χ2v) is 4.67. The van der Waals surface area contributed by atoms with Crippen LogP contribution >= 0.6 is 24.0 Å². The van der Waals surface area contributed by atoms with E-state index >= 15 is 0 Å². The molecule has 0 bridgehead atoms. The molecule has 1 fully saturated rings. The van der Waals surface area contributed by atoms with Crippen LogP contribution in [0, 0.1) is 0 Å². The summed E-state index contributed by atoms with van der Waals surface area (Å²) in [5, 5.41) is 7.95. The van der Waals surface area contributed by atoms with Gasteiger partial charge < -0.3 is 14.8 Å². The normalized spacial score (nSPS) is 19.5. The minimum absolute atomic E-state index is 0. The first kappa shape index (κ1) is 13.4. The summed E-state index contributed by atoms with van der Waals surface area (Å²) in [7, 11) is 0. The van der Waals surface area contributed by atoms with Crippen LogP contribution < -0.4 is 5.32 Å². The topological polar surface area (TPSA) is 66.7 Å². The molecular formula is C11H14Cl2N4O. The monoisotopic (exact) mass is 288 g/mol. The van der Waals surface area contributed by atoms with Gasteiger partial charge in [-0.3, -0.25) is 0 Å². The molecule has 5 nitrogen and oxygen atoms in total. The molecule has 3 heterocycles. The zero-order chi connectivity index (χ0) is 11.7. The Morgan fingerprint density at radius 3 is 3.00 bits per heavy atom. The highest BCUT2D eigenvalue weighted by molar-refractivity contribution is 6.30. The van der Waals surface area contributed by atoms with Gasteiger partial charge in [-0.25, -0.2) is 0 Å². The van der Waals surface area contributed by atoms with Crippen molar-refractivity contribution < 1.29 is 4.52 Å². The largest absolute Gasteiger partial charge is 0.357 e. The van der Waals surface area contributed by atoms with E-state index in [1.807, 2.05) is 0 Å². The molecule has 2 aromatic rings. The minimum atomic E-state index is 0. The summed E-state index contributed by atoms with van der Waals surface area (Å²) < 4.78 is 5.30. The zero-order valence-electron chi connectivity index (χ0n) is 9.65. The Labute approximate surface area is 116 Å². The van der Waals surface area contributed by atoms with E-state index in [4.69, 9.17) is 16.1 Å². The number of piperidine rings is 1. The second-order valence-electron chi connectivity index (χ2n) is 4.23. The maximum Gasteiger partial charge on any atom is 0.231 e. The number of H-pyrrole nitrogens is 1. The van der Waals surface area contributed by atoms with Crippen molar-refractivity contribution in [3.8, 4) is 11.5 Å². The molecule has 1 aliphatic rings. The van der Waals surface area contributed by atoms with Crippen molar-refractivity contribution in [2.75, 3.05) is 13.1 Å². The zero-order valence-corrected chi connectivity index (χ0v) is 11.2. The Balaban J connectivity index is 0.00000120. The smallest absolute Gasteiger partial charge is 0.231 e. The van der Waals surface area contributed by atoms with Crippen molar-refractivity contribution in [3.63, 3.8) is 0 Å². The van der Waals surface area contributed by atoms with Crippen LogP contribution in [0.4, 0.5) is 0 Å². The Hall–Kier alpha value is -1.04. The van der Waals surface area contributed by atoms with E-state index in [0.717, 1.165) is 31.6 Å². The fraction of sp³-hybridized carbons (Fsp3) is 0.455. The predicted molar refractivity (Wildman–Crippen MR) is 71.2 cm³/mol. The summed E-state index contributed by atoms with van der Waals surface area (Å²) >= 11 is 5.84. The van der Waals surface area contributed by atoms with E-state index in [9.17, 15) is 0 Å². The third-order valence-corrected chi connectivity index (χ3v) is 3.19. The number of halogens is 2. The van der Waals surface area contributed by atoms with Crippen molar-refractivity contribution in [3.05, 3.63) is 23.2 Å². The molecule has 3 rings (SSSR count). The highest BCUT2D eigenvalue weighted by Gasteiger charge is 2.21. The first-order valence-corrected chi connectivity index (χ1v) is 6.09. The highest BCUT2D eigenvalue weighted by atomic mass is 35.5. The number of nitrogens with one attached hydrogen (secondary N) is 2. The Morgan fingerprint density at radius 1 is 1.44 bits per heavy atom. The van der Waals surface area contributed by atoms with Gasteiger partial charge in [0.15, 0.2) is 0 Å². The Bertz CT molecular complexity index is 505. The molecule has 7 heteroatoms. The summed E-state index contributed by atoms with van der Waals surface area (Å²) in [6, 6.07) is 1.79. The van der Waals surface area contributed by atoms with Crippen molar-refractivity contribution in [2.24, 2.45) is 0 Å². The number of aromatic nitrogens is 3. The van der Waals surface area contributed by atoms with Gasteiger partial charge in [-0.1, -0.05) is 16.8 Å². The number of nitrogens with zero attached hydrogens (tertiary/aromatic N) is 2. The van der Waals surface area contributed by atoms with Crippen LogP contribution in [-0.2, 0) is 0 Å². The van der Waals surface area contributed by atoms with Gasteiger partial charge in [-0.05, 0) is 25.5 Å². The average molecular weight is 289 g/mol. The molecule has 0 amide bonds. The molecule has 1 atom stereocenters. The fourth-order valence-electron chi connectivity index (χ4n) is 2.07. The van der Waals surface area contributed by atoms with Crippen LogP contribution in [0.1, 0.15) is 24.7 Å². The number of hydrogen-bond acceptors (Lipinski definition) is 4. The lowest BCUT2D eigenvalue weighted by Gasteiger charge is -2.18. The number of hydrogen-bond donors (Lipinski definition) is 2. The van der Waals surface area contributed by atoms with E-state index in [1.54, 1.807) is 12.3 Å². The third kappa shape index (κ3) is 2.68. The maximum atomic E-state index is 5.84. The lowest BCUT2D eigenvalue weighted by Crippen LogP contribution is -2.28. The van der Waals surface area contributed by atoms with Gasteiger partial charge in [0.2, 0.25) is 11.7 Å². The molecule has 1 aliphatic heterocycles. The first-order chi connectivity index (χ1) is 8.33. The van der Waals surface area contributed by atoms with E-state index in [-0.39, 0.29) is 12.4 Å². The Morgan fingerprint density at radius 2 is 2.33 bits per heavy atom. The molecule has 2 N–H and O–H groups in total. The molecule has 0 spiro atoms. The van der Waals surface area contributed by atoms with Crippen molar-refractivity contribution in [2.45, 2.75) is 18.8 Å². The highest BCUT2D eigenvalue weighted by Crippen LogP contribution is 2.24. The summed E-state index contributed by atoms with van der Waals surface area (Å²) in [6.45, 7) is 1.98. The molecule has 98 valence electrons. The van der Waals surface area contributed by atoms with Gasteiger partial charge in [-0.2, -0.15) is 4.98 Å². The number of aromatic amines is 1. The molecule has 0 aliphatic carbocycles. The molecular weight excluding hydrogens is 275 g/mol. The lowest BCUT2D eigenvalue weighted by atomic mass is 10.00. The summed E-state index contributed by atoms with van der Waals surface area (Å²) in [5.74, 6) is 1.60. The van der Waals surface area contributed by atoms with Crippen molar-refractivity contribution in [1.82, 2.24) is 20.4 Å². The van der Waals surface area contributed by atoms with Gasteiger partial charge in [-0.15, -0.1) is 12.4 Å². The van der Waals surface area contributed by atoms with E-state index in [2.05, 4.69) is 20.4 Å². The molecule has 0 saturated carbocycles. The fourth-order valence-corrected chi connectivity index (χ4v) is 2.23. The van der Waals surface area contributed by atoms with Crippen molar-refractivity contribution >= 4 is 24.0 Å². The standard InChI is InChI=1S/C11H13ClN4O.ClH/c12-8-4-9(14-6-8)10-15-11(17-16-10)7-2-1-3-13-5-7;/h4,6-7,13-14H,1-3,5H2;1H/t7-;/m0./s1. The van der Waals surface area contributed by atoms with E-state index in [0.29, 0.717) is 22.7 Å². The van der Waals surface area contributed by atoms with Crippen LogP contribution in [0.2, 0.25) is 5.02 Å². The van der Waals surface area contributed by atoms with E-state index in [1.165, 1.54) is 0 Å². The van der Waals surface area contributed by atoms with Crippen LogP contribution in [0.15, 0.2) is 16.8 Å². The molecule has 18 heavy (non-hydrogen) atoms. The lowest BCUT2D eigenvalue weighted by molar-refractivity contribution is 0.322. The quantitative estimate of drug-likeness (QED) is 0.891. The van der Waals surface area contributed by atoms with Gasteiger partial charge in [0.1, 0.15) is 0 Å². The maximum absolute atomic E-state index is 5.84.